The van der Waals surface area contributed by atoms with Gasteiger partial charge in [-0.25, -0.2) is 4.79 Å². The molecule has 3 N–H and O–H groups in total. The molecule has 20 heavy (non-hydrogen) atoms. The number of rotatable bonds is 3. The van der Waals surface area contributed by atoms with Gasteiger partial charge in [-0.1, -0.05) is 19.8 Å². The standard InChI is InChI=1S/C16H24N2O2/c1-11-4-3-5-13(8-6-11)18-15-10-12(16(19)20-2)7-9-14(15)17/h7,9-11,13,18H,3-6,8,17H2,1-2H3. The number of nitrogen functional groups attached to an aromatic ring is 1. The third-order valence-electron chi connectivity index (χ3n) is 4.09. The largest absolute Gasteiger partial charge is 0.465 e. The lowest BCUT2D eigenvalue weighted by atomic mass is 10.0. The molecule has 2 rings (SSSR count). The highest BCUT2D eigenvalue weighted by Gasteiger charge is 2.17. The van der Waals surface area contributed by atoms with E-state index in [1.165, 1.54) is 26.4 Å². The van der Waals surface area contributed by atoms with Crippen LogP contribution in [0.15, 0.2) is 18.2 Å². The van der Waals surface area contributed by atoms with Crippen LogP contribution in [0.25, 0.3) is 0 Å². The van der Waals surface area contributed by atoms with E-state index in [0.29, 0.717) is 17.3 Å². The number of ether oxygens (including phenoxy) is 1. The molecular weight excluding hydrogens is 252 g/mol. The first-order valence-electron chi connectivity index (χ1n) is 7.34. The molecule has 1 aliphatic rings. The van der Waals surface area contributed by atoms with Gasteiger partial charge in [-0.2, -0.15) is 0 Å². The van der Waals surface area contributed by atoms with Crippen molar-refractivity contribution in [2.75, 3.05) is 18.2 Å². The molecule has 0 saturated heterocycles. The van der Waals surface area contributed by atoms with E-state index in [9.17, 15) is 4.79 Å². The van der Waals surface area contributed by atoms with E-state index in [0.717, 1.165) is 24.4 Å². The molecule has 0 spiro atoms. The zero-order valence-corrected chi connectivity index (χ0v) is 12.3. The fraction of sp³-hybridized carbons (Fsp3) is 0.562. The summed E-state index contributed by atoms with van der Waals surface area (Å²) in [5.74, 6) is 0.475. The maximum absolute atomic E-state index is 11.6. The number of carbonyl (C=O) groups is 1. The van der Waals surface area contributed by atoms with Crippen LogP contribution in [0.2, 0.25) is 0 Å². The van der Waals surface area contributed by atoms with Crippen LogP contribution in [0, 0.1) is 5.92 Å². The highest BCUT2D eigenvalue weighted by atomic mass is 16.5. The Morgan fingerprint density at radius 3 is 2.85 bits per heavy atom. The first-order chi connectivity index (χ1) is 9.60. The normalized spacial score (nSPS) is 22.9. The number of methoxy groups -OCH3 is 1. The van der Waals surface area contributed by atoms with Gasteiger partial charge in [0.25, 0.3) is 0 Å². The van der Waals surface area contributed by atoms with Crippen molar-refractivity contribution in [3.8, 4) is 0 Å². The third-order valence-corrected chi connectivity index (χ3v) is 4.09. The Morgan fingerprint density at radius 1 is 1.30 bits per heavy atom. The average molecular weight is 276 g/mol. The van der Waals surface area contributed by atoms with Gasteiger partial charge in [0.15, 0.2) is 0 Å². The lowest BCUT2D eigenvalue weighted by molar-refractivity contribution is 0.0601. The molecule has 4 nitrogen and oxygen atoms in total. The van der Waals surface area contributed by atoms with Crippen LogP contribution < -0.4 is 11.1 Å². The van der Waals surface area contributed by atoms with Crippen molar-refractivity contribution in [2.24, 2.45) is 5.92 Å². The van der Waals surface area contributed by atoms with Crippen molar-refractivity contribution in [2.45, 2.75) is 45.1 Å². The van der Waals surface area contributed by atoms with Crippen molar-refractivity contribution < 1.29 is 9.53 Å². The van der Waals surface area contributed by atoms with Gasteiger partial charge in [0, 0.05) is 6.04 Å². The molecule has 0 bridgehead atoms. The van der Waals surface area contributed by atoms with Gasteiger partial charge in [-0.05, 0) is 43.4 Å². The molecule has 4 heteroatoms. The van der Waals surface area contributed by atoms with Crippen molar-refractivity contribution in [1.82, 2.24) is 0 Å². The van der Waals surface area contributed by atoms with Crippen LogP contribution in [-0.2, 0) is 4.74 Å². The number of nitrogens with two attached hydrogens (primary N) is 1. The van der Waals surface area contributed by atoms with Crippen LogP contribution in [0.1, 0.15) is 49.4 Å². The summed E-state index contributed by atoms with van der Waals surface area (Å²) in [5.41, 5.74) is 8.05. The Kier molecular flexibility index (Phi) is 4.88. The second-order valence-electron chi connectivity index (χ2n) is 5.75. The molecule has 1 saturated carbocycles. The number of hydrogen-bond acceptors (Lipinski definition) is 4. The Bertz CT molecular complexity index is 474. The average Bonchev–Trinajstić information content (AvgIpc) is 2.65. The fourth-order valence-electron chi connectivity index (χ4n) is 2.78. The number of esters is 1. The highest BCUT2D eigenvalue weighted by Crippen LogP contribution is 2.27. The van der Waals surface area contributed by atoms with E-state index in [2.05, 4.69) is 12.2 Å². The third kappa shape index (κ3) is 3.65. The molecule has 0 aliphatic heterocycles. The zero-order valence-electron chi connectivity index (χ0n) is 12.3. The Morgan fingerprint density at radius 2 is 2.10 bits per heavy atom. The minimum Gasteiger partial charge on any atom is -0.465 e. The van der Waals surface area contributed by atoms with E-state index in [1.807, 2.05) is 0 Å². The van der Waals surface area contributed by atoms with Crippen LogP contribution in [-0.4, -0.2) is 19.1 Å². The molecule has 110 valence electrons. The minimum absolute atomic E-state index is 0.331. The van der Waals surface area contributed by atoms with Crippen molar-refractivity contribution in [1.29, 1.82) is 0 Å². The maximum atomic E-state index is 11.6. The molecule has 0 heterocycles. The summed E-state index contributed by atoms with van der Waals surface area (Å²) in [7, 11) is 1.39. The fourth-order valence-corrected chi connectivity index (χ4v) is 2.78. The van der Waals surface area contributed by atoms with Crippen LogP contribution in [0.5, 0.6) is 0 Å². The lowest BCUT2D eigenvalue weighted by Crippen LogP contribution is -2.19. The Labute approximate surface area is 120 Å². The molecule has 1 aromatic rings. The monoisotopic (exact) mass is 276 g/mol. The molecule has 0 aromatic heterocycles. The second kappa shape index (κ2) is 6.64. The Hall–Kier alpha value is -1.71. The van der Waals surface area contributed by atoms with Gasteiger partial charge in [0.05, 0.1) is 24.0 Å². The van der Waals surface area contributed by atoms with E-state index in [-0.39, 0.29) is 5.97 Å². The SMILES string of the molecule is COC(=O)c1ccc(N)c(NC2CCCC(C)CC2)c1. The number of anilines is 2. The molecule has 1 aliphatic carbocycles. The number of nitrogens with one attached hydrogen (secondary N) is 1. The smallest absolute Gasteiger partial charge is 0.337 e. The Balaban J connectivity index is 2.09. The summed E-state index contributed by atoms with van der Waals surface area (Å²) >= 11 is 0. The summed E-state index contributed by atoms with van der Waals surface area (Å²) in [6.07, 6.45) is 6.11. The topological polar surface area (TPSA) is 64.3 Å². The van der Waals surface area contributed by atoms with Gasteiger partial charge >= 0.3 is 5.97 Å². The number of benzene rings is 1. The highest BCUT2D eigenvalue weighted by molar-refractivity contribution is 5.91. The molecule has 0 radical (unpaired) electrons. The minimum atomic E-state index is -0.331. The van der Waals surface area contributed by atoms with Gasteiger partial charge in [0.1, 0.15) is 0 Å². The molecule has 0 amide bonds. The molecule has 2 atom stereocenters. The lowest BCUT2D eigenvalue weighted by Gasteiger charge is -2.19. The molecule has 2 unspecified atom stereocenters. The van der Waals surface area contributed by atoms with Gasteiger partial charge in [-0.3, -0.25) is 0 Å². The van der Waals surface area contributed by atoms with E-state index < -0.39 is 0 Å². The summed E-state index contributed by atoms with van der Waals surface area (Å²) in [5, 5.41) is 3.50. The van der Waals surface area contributed by atoms with E-state index in [1.54, 1.807) is 18.2 Å². The van der Waals surface area contributed by atoms with Gasteiger partial charge in [0.2, 0.25) is 0 Å². The maximum Gasteiger partial charge on any atom is 0.337 e. The zero-order chi connectivity index (χ0) is 14.5. The van der Waals surface area contributed by atoms with Crippen molar-refractivity contribution >= 4 is 17.3 Å². The summed E-state index contributed by atoms with van der Waals surface area (Å²) < 4.78 is 4.75. The molecular formula is C16H24N2O2. The molecule has 1 fully saturated rings. The number of carbonyl (C=O) groups excluding carboxylic acids is 1. The summed E-state index contributed by atoms with van der Waals surface area (Å²) in [4.78, 5) is 11.6. The van der Waals surface area contributed by atoms with Crippen LogP contribution in [0.3, 0.4) is 0 Å². The van der Waals surface area contributed by atoms with E-state index >= 15 is 0 Å². The predicted molar refractivity (Wildman–Crippen MR) is 81.9 cm³/mol. The van der Waals surface area contributed by atoms with Crippen molar-refractivity contribution in [3.63, 3.8) is 0 Å². The summed E-state index contributed by atoms with van der Waals surface area (Å²) in [6, 6.07) is 5.68. The van der Waals surface area contributed by atoms with Gasteiger partial charge < -0.3 is 15.8 Å². The predicted octanol–water partition coefficient (Wildman–Crippen LogP) is 3.44. The first kappa shape index (κ1) is 14.7. The van der Waals surface area contributed by atoms with Crippen LogP contribution >= 0.6 is 0 Å². The second-order valence-corrected chi connectivity index (χ2v) is 5.75. The number of hydrogen-bond donors (Lipinski definition) is 2. The van der Waals surface area contributed by atoms with Crippen molar-refractivity contribution in [3.05, 3.63) is 23.8 Å². The van der Waals surface area contributed by atoms with Gasteiger partial charge in [-0.15, -0.1) is 0 Å². The van der Waals surface area contributed by atoms with Crippen LogP contribution in [0.4, 0.5) is 11.4 Å². The first-order valence-corrected chi connectivity index (χ1v) is 7.34. The quantitative estimate of drug-likeness (QED) is 0.504. The van der Waals surface area contributed by atoms with E-state index in [4.69, 9.17) is 10.5 Å². The summed E-state index contributed by atoms with van der Waals surface area (Å²) in [6.45, 7) is 2.31. The molecule has 1 aromatic carbocycles.